The summed E-state index contributed by atoms with van der Waals surface area (Å²) in [4.78, 5) is 11.7. The highest BCUT2D eigenvalue weighted by Gasteiger charge is 2.13. The molecule has 0 saturated heterocycles. The van der Waals surface area contributed by atoms with E-state index in [2.05, 4.69) is 5.32 Å². The molecule has 4 nitrogen and oxygen atoms in total. The molecule has 0 radical (unpaired) electrons. The minimum absolute atomic E-state index is 0.0701. The predicted octanol–water partition coefficient (Wildman–Crippen LogP) is 1.39. The van der Waals surface area contributed by atoms with Crippen LogP contribution in [0.1, 0.15) is 16.8 Å². The second-order valence-corrected chi connectivity index (χ2v) is 5.02. The minimum atomic E-state index is -1.10. The van der Waals surface area contributed by atoms with E-state index in [1.54, 1.807) is 11.8 Å². The molecule has 0 unspecified atom stereocenters. The number of thioether (sulfide) groups is 1. The van der Waals surface area contributed by atoms with Crippen LogP contribution in [-0.4, -0.2) is 35.7 Å². The number of nitrogens with two attached hydrogens (primary N) is 1. The number of carbonyl (C=O) groups excluding carboxylic acids is 1. The van der Waals surface area contributed by atoms with Crippen molar-refractivity contribution < 1.29 is 18.7 Å². The Morgan fingerprint density at radius 3 is 2.68 bits per heavy atom. The van der Waals surface area contributed by atoms with Gasteiger partial charge in [0, 0.05) is 30.7 Å². The number of hydrogen-bond donors (Lipinski definition) is 3. The zero-order valence-electron chi connectivity index (χ0n) is 10.3. The van der Waals surface area contributed by atoms with Gasteiger partial charge < -0.3 is 16.2 Å². The summed E-state index contributed by atoms with van der Waals surface area (Å²) in [7, 11) is 0. The third-order valence-electron chi connectivity index (χ3n) is 2.32. The monoisotopic (exact) mass is 290 g/mol. The maximum absolute atomic E-state index is 13.0. The standard InChI is InChI=1S/C12H16F2N2O2S/c13-9-6-8(11(15)7-10(9)14)12(18)16-2-5-19-4-1-3-17/h6-7,17H,1-5,15H2,(H,16,18). The Morgan fingerprint density at radius 2 is 2.00 bits per heavy atom. The number of nitrogen functional groups attached to an aromatic ring is 1. The summed E-state index contributed by atoms with van der Waals surface area (Å²) < 4.78 is 25.8. The Labute approximate surface area is 114 Å². The van der Waals surface area contributed by atoms with Crippen molar-refractivity contribution in [3.05, 3.63) is 29.3 Å². The van der Waals surface area contributed by atoms with Gasteiger partial charge >= 0.3 is 0 Å². The highest BCUT2D eigenvalue weighted by molar-refractivity contribution is 7.99. The van der Waals surface area contributed by atoms with Gasteiger partial charge in [-0.3, -0.25) is 4.79 Å². The molecule has 0 aliphatic heterocycles. The van der Waals surface area contributed by atoms with E-state index in [0.717, 1.165) is 17.9 Å². The Bertz CT molecular complexity index is 444. The van der Waals surface area contributed by atoms with Crippen molar-refractivity contribution in [1.82, 2.24) is 5.32 Å². The maximum Gasteiger partial charge on any atom is 0.253 e. The number of aliphatic hydroxyl groups excluding tert-OH is 1. The lowest BCUT2D eigenvalue weighted by molar-refractivity contribution is 0.0956. The van der Waals surface area contributed by atoms with Crippen LogP contribution in [0.4, 0.5) is 14.5 Å². The van der Waals surface area contributed by atoms with Crippen molar-refractivity contribution in [1.29, 1.82) is 0 Å². The lowest BCUT2D eigenvalue weighted by Crippen LogP contribution is -2.27. The number of halogens is 2. The fourth-order valence-corrected chi connectivity index (χ4v) is 2.14. The summed E-state index contributed by atoms with van der Waals surface area (Å²) in [5.74, 6) is -1.22. The Hall–Kier alpha value is -1.34. The third-order valence-corrected chi connectivity index (χ3v) is 3.39. The summed E-state index contributed by atoms with van der Waals surface area (Å²) in [6, 6.07) is 1.58. The van der Waals surface area contributed by atoms with Crippen LogP contribution < -0.4 is 11.1 Å². The molecule has 0 aliphatic rings. The average Bonchev–Trinajstić information content (AvgIpc) is 2.37. The van der Waals surface area contributed by atoms with E-state index in [4.69, 9.17) is 10.8 Å². The molecule has 1 aromatic rings. The van der Waals surface area contributed by atoms with Gasteiger partial charge in [0.2, 0.25) is 0 Å². The van der Waals surface area contributed by atoms with Crippen LogP contribution in [0.5, 0.6) is 0 Å². The summed E-state index contributed by atoms with van der Waals surface area (Å²) in [5.41, 5.74) is 5.30. The fourth-order valence-electron chi connectivity index (χ4n) is 1.36. The van der Waals surface area contributed by atoms with Gasteiger partial charge in [-0.2, -0.15) is 11.8 Å². The smallest absolute Gasteiger partial charge is 0.253 e. The summed E-state index contributed by atoms with van der Waals surface area (Å²) in [6.45, 7) is 0.540. The Kier molecular flexibility index (Phi) is 6.58. The van der Waals surface area contributed by atoms with Crippen LogP contribution in [0.25, 0.3) is 0 Å². The number of rotatable bonds is 7. The molecule has 19 heavy (non-hydrogen) atoms. The molecule has 7 heteroatoms. The Balaban J connectivity index is 2.43. The molecular weight excluding hydrogens is 274 g/mol. The molecule has 106 valence electrons. The molecule has 0 aliphatic carbocycles. The summed E-state index contributed by atoms with van der Waals surface area (Å²) in [5, 5.41) is 11.1. The van der Waals surface area contributed by atoms with Gasteiger partial charge in [-0.1, -0.05) is 0 Å². The van der Waals surface area contributed by atoms with Crippen molar-refractivity contribution in [3.8, 4) is 0 Å². The van der Waals surface area contributed by atoms with Crippen molar-refractivity contribution in [2.24, 2.45) is 0 Å². The molecular formula is C12H16F2N2O2S. The molecule has 0 bridgehead atoms. The van der Waals surface area contributed by atoms with Gasteiger partial charge in [-0.05, 0) is 18.2 Å². The van der Waals surface area contributed by atoms with Gasteiger partial charge in [-0.25, -0.2) is 8.78 Å². The number of aliphatic hydroxyl groups is 1. The van der Waals surface area contributed by atoms with Crippen LogP contribution in [-0.2, 0) is 0 Å². The molecule has 4 N–H and O–H groups in total. The van der Waals surface area contributed by atoms with Crippen molar-refractivity contribution in [2.45, 2.75) is 6.42 Å². The number of benzene rings is 1. The highest BCUT2D eigenvalue weighted by Crippen LogP contribution is 2.16. The van der Waals surface area contributed by atoms with Gasteiger partial charge in [0.25, 0.3) is 5.91 Å². The van der Waals surface area contributed by atoms with Crippen LogP contribution in [0, 0.1) is 11.6 Å². The van der Waals surface area contributed by atoms with E-state index >= 15 is 0 Å². The van der Waals surface area contributed by atoms with Gasteiger partial charge in [0.05, 0.1) is 5.56 Å². The van der Waals surface area contributed by atoms with E-state index in [1.807, 2.05) is 0 Å². The predicted molar refractivity (Wildman–Crippen MR) is 72.1 cm³/mol. The largest absolute Gasteiger partial charge is 0.398 e. The Morgan fingerprint density at radius 1 is 1.32 bits per heavy atom. The topological polar surface area (TPSA) is 75.4 Å². The first-order valence-electron chi connectivity index (χ1n) is 5.77. The number of hydrogen-bond acceptors (Lipinski definition) is 4. The van der Waals surface area contributed by atoms with Crippen LogP contribution in [0.2, 0.25) is 0 Å². The van der Waals surface area contributed by atoms with Gasteiger partial charge in [-0.15, -0.1) is 0 Å². The number of carbonyl (C=O) groups is 1. The normalized spacial score (nSPS) is 10.5. The minimum Gasteiger partial charge on any atom is -0.398 e. The SMILES string of the molecule is Nc1cc(F)c(F)cc1C(=O)NCCSCCCO. The van der Waals surface area contributed by atoms with E-state index in [1.165, 1.54) is 0 Å². The molecule has 1 rings (SSSR count). The summed E-state index contributed by atoms with van der Waals surface area (Å²) >= 11 is 1.58. The van der Waals surface area contributed by atoms with E-state index in [0.29, 0.717) is 18.7 Å². The molecule has 0 saturated carbocycles. The van der Waals surface area contributed by atoms with Crippen molar-refractivity contribution in [3.63, 3.8) is 0 Å². The zero-order valence-corrected chi connectivity index (χ0v) is 11.1. The highest BCUT2D eigenvalue weighted by atomic mass is 32.2. The average molecular weight is 290 g/mol. The molecule has 0 fully saturated rings. The van der Waals surface area contributed by atoms with Gasteiger partial charge in [0.15, 0.2) is 11.6 Å². The van der Waals surface area contributed by atoms with E-state index in [9.17, 15) is 13.6 Å². The maximum atomic E-state index is 13.0. The van der Waals surface area contributed by atoms with Crippen molar-refractivity contribution in [2.75, 3.05) is 30.4 Å². The molecule has 0 spiro atoms. The third kappa shape index (κ3) is 5.04. The van der Waals surface area contributed by atoms with E-state index in [-0.39, 0.29) is 17.9 Å². The molecule has 0 atom stereocenters. The van der Waals surface area contributed by atoms with Crippen LogP contribution in [0.15, 0.2) is 12.1 Å². The van der Waals surface area contributed by atoms with Crippen molar-refractivity contribution >= 4 is 23.4 Å². The quantitative estimate of drug-likeness (QED) is 0.524. The van der Waals surface area contributed by atoms with Crippen LogP contribution >= 0.6 is 11.8 Å². The molecule has 1 amide bonds. The fraction of sp³-hybridized carbons (Fsp3) is 0.417. The second-order valence-electron chi connectivity index (χ2n) is 3.80. The molecule has 0 aromatic heterocycles. The zero-order chi connectivity index (χ0) is 14.3. The lowest BCUT2D eigenvalue weighted by Gasteiger charge is -2.08. The van der Waals surface area contributed by atoms with Crippen LogP contribution in [0.3, 0.4) is 0 Å². The first kappa shape index (κ1) is 15.7. The second kappa shape index (κ2) is 7.96. The lowest BCUT2D eigenvalue weighted by atomic mass is 10.1. The molecule has 1 aromatic carbocycles. The molecule has 0 heterocycles. The van der Waals surface area contributed by atoms with E-state index < -0.39 is 17.5 Å². The number of nitrogens with one attached hydrogen (secondary N) is 1. The summed E-state index contributed by atoms with van der Waals surface area (Å²) in [6.07, 6.45) is 0.703. The van der Waals surface area contributed by atoms with Gasteiger partial charge in [0.1, 0.15) is 0 Å². The first-order valence-corrected chi connectivity index (χ1v) is 6.93. The number of amides is 1. The number of anilines is 1. The first-order chi connectivity index (χ1) is 9.06.